The van der Waals surface area contributed by atoms with E-state index < -0.39 is 46.8 Å². The van der Waals surface area contributed by atoms with Gasteiger partial charge in [0.05, 0.1) is 17.5 Å². The van der Waals surface area contributed by atoms with E-state index in [1.165, 1.54) is 36.4 Å². The highest BCUT2D eigenvalue weighted by molar-refractivity contribution is 5.90. The van der Waals surface area contributed by atoms with Gasteiger partial charge in [0.1, 0.15) is 17.4 Å². The Balaban J connectivity index is 1.55. The Morgan fingerprint density at radius 1 is 1.11 bits per heavy atom. The van der Waals surface area contributed by atoms with Crippen LogP contribution in [0, 0.1) is 17.1 Å². The molecule has 2 aliphatic carbocycles. The zero-order chi connectivity index (χ0) is 27.0. The molecule has 37 heavy (non-hydrogen) atoms. The summed E-state index contributed by atoms with van der Waals surface area (Å²) in [6.45, 7) is 1.75. The van der Waals surface area contributed by atoms with Crippen LogP contribution >= 0.6 is 0 Å². The zero-order valence-electron chi connectivity index (χ0n) is 20.3. The SMILES string of the molecule is CCC[C@H](N[C@@H](c1ccc(-c2ccc(C3(C(N)=O)CC3)cc2F)cc1)C(F)(F)F)C(=O)NC1(C#N)CC1. The minimum atomic E-state index is -4.71. The molecular formula is C27H28F4N4O2. The Labute approximate surface area is 212 Å². The first-order chi connectivity index (χ1) is 17.4. The lowest BCUT2D eigenvalue weighted by atomic mass is 9.92. The Hall–Kier alpha value is -3.45. The quantitative estimate of drug-likeness (QED) is 0.403. The fraction of sp³-hybridized carbons (Fsp3) is 0.444. The van der Waals surface area contributed by atoms with Crippen LogP contribution in [0.15, 0.2) is 42.5 Å². The monoisotopic (exact) mass is 516 g/mol. The minimum absolute atomic E-state index is 0.130. The standard InChI is InChI=1S/C27H28F4N4O2/c1-2-3-21(23(36)35-25(15-32)10-11-25)34-22(27(29,30)31)17-6-4-16(5-7-17)19-9-8-18(14-20(19)28)26(12-13-26)24(33)37/h4-9,14,21-22,34H,2-3,10-13H2,1H3,(H2,33,37)(H,35,36)/t21-,22-/m0/s1. The third kappa shape index (κ3) is 5.47. The molecule has 0 aliphatic heterocycles. The molecule has 2 saturated carbocycles. The van der Waals surface area contributed by atoms with Crippen LogP contribution in [-0.4, -0.2) is 29.6 Å². The van der Waals surface area contributed by atoms with E-state index in [-0.39, 0.29) is 17.5 Å². The highest BCUT2D eigenvalue weighted by Gasteiger charge is 2.50. The van der Waals surface area contributed by atoms with Gasteiger partial charge in [-0.3, -0.25) is 14.9 Å². The molecule has 2 aliphatic rings. The summed E-state index contributed by atoms with van der Waals surface area (Å²) < 4.78 is 57.1. The highest BCUT2D eigenvalue weighted by atomic mass is 19.4. The van der Waals surface area contributed by atoms with E-state index in [0.29, 0.717) is 43.2 Å². The maximum absolute atomic E-state index is 14.9. The van der Waals surface area contributed by atoms with E-state index in [9.17, 15) is 32.4 Å². The van der Waals surface area contributed by atoms with Gasteiger partial charge >= 0.3 is 6.18 Å². The number of carbonyl (C=O) groups excluding carboxylic acids is 2. The number of alkyl halides is 3. The summed E-state index contributed by atoms with van der Waals surface area (Å²) in [6.07, 6.45) is -2.05. The molecule has 196 valence electrons. The van der Waals surface area contributed by atoms with Gasteiger partial charge in [-0.25, -0.2) is 4.39 Å². The minimum Gasteiger partial charge on any atom is -0.369 e. The zero-order valence-corrected chi connectivity index (χ0v) is 20.3. The summed E-state index contributed by atoms with van der Waals surface area (Å²) in [5.74, 6) is -1.75. The lowest BCUT2D eigenvalue weighted by Gasteiger charge is -2.28. The normalized spacial score (nSPS) is 18.8. The number of nitrogens with zero attached hydrogens (tertiary/aromatic N) is 1. The van der Waals surface area contributed by atoms with Crippen LogP contribution in [0.2, 0.25) is 0 Å². The molecule has 10 heteroatoms. The second kappa shape index (κ2) is 9.78. The molecule has 0 radical (unpaired) electrons. The van der Waals surface area contributed by atoms with Crippen molar-refractivity contribution in [3.8, 4) is 17.2 Å². The molecule has 4 rings (SSSR count). The van der Waals surface area contributed by atoms with Crippen LogP contribution in [0.25, 0.3) is 11.1 Å². The van der Waals surface area contributed by atoms with E-state index in [2.05, 4.69) is 10.6 Å². The molecule has 2 amide bonds. The Morgan fingerprint density at radius 2 is 1.76 bits per heavy atom. The number of amides is 2. The second-order valence-electron chi connectivity index (χ2n) is 9.93. The molecule has 4 N–H and O–H groups in total. The number of primary amides is 1. The fourth-order valence-corrected chi connectivity index (χ4v) is 4.58. The lowest BCUT2D eigenvalue weighted by Crippen LogP contribution is -2.51. The van der Waals surface area contributed by atoms with Gasteiger partial charge in [-0.15, -0.1) is 0 Å². The number of halogens is 4. The molecule has 0 bridgehead atoms. The third-order valence-electron chi connectivity index (χ3n) is 7.21. The first kappa shape index (κ1) is 26.6. The third-order valence-corrected chi connectivity index (χ3v) is 7.21. The van der Waals surface area contributed by atoms with E-state index >= 15 is 0 Å². The summed E-state index contributed by atoms with van der Waals surface area (Å²) in [5.41, 5.74) is 4.53. The highest BCUT2D eigenvalue weighted by Crippen LogP contribution is 2.48. The predicted octanol–water partition coefficient (Wildman–Crippen LogP) is 4.54. The van der Waals surface area contributed by atoms with E-state index in [4.69, 9.17) is 5.73 Å². The Morgan fingerprint density at radius 3 is 2.22 bits per heavy atom. The first-order valence-electron chi connectivity index (χ1n) is 12.2. The number of nitriles is 1. The average molecular weight is 517 g/mol. The summed E-state index contributed by atoms with van der Waals surface area (Å²) in [7, 11) is 0. The van der Waals surface area contributed by atoms with Gasteiger partial charge in [0, 0.05) is 5.56 Å². The van der Waals surface area contributed by atoms with Crippen LogP contribution in [-0.2, 0) is 15.0 Å². The van der Waals surface area contributed by atoms with Crippen LogP contribution in [0.4, 0.5) is 17.6 Å². The molecule has 2 fully saturated rings. The topological polar surface area (TPSA) is 108 Å². The second-order valence-corrected chi connectivity index (χ2v) is 9.93. The average Bonchev–Trinajstić information content (AvgIpc) is 3.77. The lowest BCUT2D eigenvalue weighted by molar-refractivity contribution is -0.161. The van der Waals surface area contributed by atoms with Crippen molar-refractivity contribution in [3.63, 3.8) is 0 Å². The van der Waals surface area contributed by atoms with Crippen molar-refractivity contribution >= 4 is 11.8 Å². The van der Waals surface area contributed by atoms with Crippen LogP contribution < -0.4 is 16.4 Å². The molecule has 0 aromatic heterocycles. The summed E-state index contributed by atoms with van der Waals surface area (Å²) in [5, 5.41) is 14.2. The Kier molecular flexibility index (Phi) is 7.04. The van der Waals surface area contributed by atoms with Gasteiger partial charge in [0.25, 0.3) is 0 Å². The number of hydrogen-bond acceptors (Lipinski definition) is 4. The van der Waals surface area contributed by atoms with Gasteiger partial charge in [-0.2, -0.15) is 18.4 Å². The van der Waals surface area contributed by atoms with Crippen LogP contribution in [0.1, 0.15) is 62.6 Å². The van der Waals surface area contributed by atoms with Crippen LogP contribution in [0.5, 0.6) is 0 Å². The summed E-state index contributed by atoms with van der Waals surface area (Å²) in [4.78, 5) is 24.4. The van der Waals surface area contributed by atoms with E-state index in [1.807, 2.05) is 6.07 Å². The van der Waals surface area contributed by atoms with Crippen molar-refractivity contribution in [2.45, 2.75) is 74.7 Å². The van der Waals surface area contributed by atoms with Crippen molar-refractivity contribution in [3.05, 3.63) is 59.4 Å². The maximum atomic E-state index is 14.9. The maximum Gasteiger partial charge on any atom is 0.407 e. The van der Waals surface area contributed by atoms with Crippen molar-refractivity contribution < 1.29 is 27.2 Å². The Bertz CT molecular complexity index is 1230. The van der Waals surface area contributed by atoms with Gasteiger partial charge < -0.3 is 11.1 Å². The molecule has 0 unspecified atom stereocenters. The van der Waals surface area contributed by atoms with Gasteiger partial charge in [-0.1, -0.05) is 49.7 Å². The number of benzene rings is 2. The van der Waals surface area contributed by atoms with Gasteiger partial charge in [-0.05, 0) is 54.9 Å². The molecule has 2 aromatic carbocycles. The molecule has 6 nitrogen and oxygen atoms in total. The van der Waals surface area contributed by atoms with E-state index in [0.717, 1.165) is 0 Å². The van der Waals surface area contributed by atoms with Gasteiger partial charge in [0.15, 0.2) is 0 Å². The number of nitrogens with two attached hydrogens (primary N) is 1. The fourth-order valence-electron chi connectivity index (χ4n) is 4.58. The van der Waals surface area contributed by atoms with Gasteiger partial charge in [0.2, 0.25) is 11.8 Å². The van der Waals surface area contributed by atoms with E-state index in [1.54, 1.807) is 13.0 Å². The summed E-state index contributed by atoms with van der Waals surface area (Å²) >= 11 is 0. The van der Waals surface area contributed by atoms with Crippen molar-refractivity contribution in [2.24, 2.45) is 5.73 Å². The molecule has 2 aromatic rings. The summed E-state index contributed by atoms with van der Waals surface area (Å²) in [6, 6.07) is 8.35. The smallest absolute Gasteiger partial charge is 0.369 e. The number of rotatable bonds is 10. The first-order valence-corrected chi connectivity index (χ1v) is 12.2. The largest absolute Gasteiger partial charge is 0.407 e. The molecule has 0 saturated heterocycles. The van der Waals surface area contributed by atoms with Crippen molar-refractivity contribution in [1.29, 1.82) is 5.26 Å². The molecular weight excluding hydrogens is 488 g/mol. The number of hydrogen-bond donors (Lipinski definition) is 3. The predicted molar refractivity (Wildman–Crippen MR) is 128 cm³/mol. The molecule has 2 atom stereocenters. The van der Waals surface area contributed by atoms with Crippen molar-refractivity contribution in [2.75, 3.05) is 0 Å². The molecule has 0 heterocycles. The van der Waals surface area contributed by atoms with Crippen LogP contribution in [0.3, 0.4) is 0 Å². The molecule has 0 spiro atoms. The van der Waals surface area contributed by atoms with Crippen molar-refractivity contribution in [1.82, 2.24) is 10.6 Å². The number of carbonyl (C=O) groups is 2. The number of nitrogens with one attached hydrogen (secondary N) is 2.